The van der Waals surface area contributed by atoms with Gasteiger partial charge in [0.15, 0.2) is 0 Å². The Labute approximate surface area is 85.5 Å². The molecule has 68 valence electrons. The lowest BCUT2D eigenvalue weighted by Gasteiger charge is -1.99. The summed E-state index contributed by atoms with van der Waals surface area (Å²) in [6.07, 6.45) is 4.88. The van der Waals surface area contributed by atoms with Crippen LogP contribution in [-0.4, -0.2) is 18.2 Å². The third kappa shape index (κ3) is 2.66. The van der Waals surface area contributed by atoms with Crippen molar-refractivity contribution in [1.82, 2.24) is 4.98 Å². The number of halogens is 1. The summed E-state index contributed by atoms with van der Waals surface area (Å²) in [5, 5.41) is 0. The molecule has 0 unspecified atom stereocenters. The maximum Gasteiger partial charge on any atom is 0.0742 e. The van der Waals surface area contributed by atoms with Crippen molar-refractivity contribution in [2.45, 2.75) is 0 Å². The number of aliphatic imine (C=N–C) groups is 1. The Balaban J connectivity index is 3.06. The molecule has 4 heteroatoms. The molecule has 1 rings (SSSR count). The Bertz CT molecular complexity index is 344. The molecule has 1 aromatic heterocycles. The van der Waals surface area contributed by atoms with Gasteiger partial charge in [-0.25, -0.2) is 0 Å². The molecule has 0 aliphatic heterocycles. The number of pyridine rings is 1. The van der Waals surface area contributed by atoms with E-state index in [1.165, 1.54) is 6.20 Å². The molecule has 0 saturated heterocycles. The van der Waals surface area contributed by atoms with E-state index in [4.69, 9.17) is 5.73 Å². The lowest BCUT2D eigenvalue weighted by molar-refractivity contribution is 1.27. The van der Waals surface area contributed by atoms with E-state index >= 15 is 0 Å². The smallest absolute Gasteiger partial charge is 0.0742 e. The highest BCUT2D eigenvalue weighted by Gasteiger charge is 1.99. The molecule has 0 saturated carbocycles. The number of allylic oxidation sites excluding steroid dienone is 1. The SMILES string of the molecule is CN=CC(=CN)c1cc(Br)ccn1. The van der Waals surface area contributed by atoms with Gasteiger partial charge >= 0.3 is 0 Å². The molecule has 0 amide bonds. The standard InChI is InChI=1S/C9H10BrN3/c1-12-6-7(5-11)9-4-8(10)2-3-13-9/h2-6H,11H2,1H3. The largest absolute Gasteiger partial charge is 0.404 e. The molecule has 0 atom stereocenters. The van der Waals surface area contributed by atoms with E-state index in [0.717, 1.165) is 15.7 Å². The van der Waals surface area contributed by atoms with Gasteiger partial charge < -0.3 is 5.73 Å². The minimum Gasteiger partial charge on any atom is -0.404 e. The summed E-state index contributed by atoms with van der Waals surface area (Å²) in [5.41, 5.74) is 7.05. The van der Waals surface area contributed by atoms with Gasteiger partial charge in [0.1, 0.15) is 0 Å². The molecule has 0 bridgehead atoms. The Morgan fingerprint density at radius 3 is 3.00 bits per heavy atom. The van der Waals surface area contributed by atoms with Crippen LogP contribution in [0.4, 0.5) is 0 Å². The first-order chi connectivity index (χ1) is 6.27. The summed E-state index contributed by atoms with van der Waals surface area (Å²) < 4.78 is 0.973. The van der Waals surface area contributed by atoms with Gasteiger partial charge in [-0.2, -0.15) is 0 Å². The molecule has 0 aromatic carbocycles. The molecule has 0 spiro atoms. The number of aromatic nitrogens is 1. The molecule has 0 radical (unpaired) electrons. The van der Waals surface area contributed by atoms with E-state index in [1.54, 1.807) is 19.5 Å². The Kier molecular flexibility index (Phi) is 3.64. The van der Waals surface area contributed by atoms with E-state index in [9.17, 15) is 0 Å². The van der Waals surface area contributed by atoms with Gasteiger partial charge in [0.2, 0.25) is 0 Å². The van der Waals surface area contributed by atoms with Crippen LogP contribution in [0.15, 0.2) is 34.0 Å². The minimum absolute atomic E-state index is 0.808. The number of rotatable bonds is 2. The number of hydrogen-bond donors (Lipinski definition) is 1. The van der Waals surface area contributed by atoms with Crippen LogP contribution in [0, 0.1) is 0 Å². The van der Waals surface area contributed by atoms with E-state index in [1.807, 2.05) is 12.1 Å². The summed E-state index contributed by atoms with van der Waals surface area (Å²) in [7, 11) is 1.70. The predicted octanol–water partition coefficient (Wildman–Crippen LogP) is 1.84. The third-order valence-corrected chi connectivity index (χ3v) is 1.96. The van der Waals surface area contributed by atoms with Gasteiger partial charge in [0.05, 0.1) is 5.69 Å². The first kappa shape index (κ1) is 9.92. The second-order valence-electron chi connectivity index (χ2n) is 2.37. The monoisotopic (exact) mass is 239 g/mol. The summed E-state index contributed by atoms with van der Waals surface area (Å²) in [5.74, 6) is 0. The molecule has 1 aromatic rings. The molecule has 1 heterocycles. The van der Waals surface area contributed by atoms with E-state index in [-0.39, 0.29) is 0 Å². The topological polar surface area (TPSA) is 51.3 Å². The first-order valence-electron chi connectivity index (χ1n) is 3.74. The Morgan fingerprint density at radius 2 is 2.46 bits per heavy atom. The van der Waals surface area contributed by atoms with Crippen molar-refractivity contribution in [3.05, 3.63) is 34.7 Å². The van der Waals surface area contributed by atoms with Crippen molar-refractivity contribution < 1.29 is 0 Å². The zero-order chi connectivity index (χ0) is 9.68. The Morgan fingerprint density at radius 1 is 1.69 bits per heavy atom. The van der Waals surface area contributed by atoms with Gasteiger partial charge in [-0.1, -0.05) is 15.9 Å². The molecular weight excluding hydrogens is 230 g/mol. The minimum atomic E-state index is 0.808. The maximum absolute atomic E-state index is 5.43. The summed E-state index contributed by atoms with van der Waals surface area (Å²) in [6.45, 7) is 0. The average molecular weight is 240 g/mol. The van der Waals surface area contributed by atoms with Crippen LogP contribution >= 0.6 is 15.9 Å². The first-order valence-corrected chi connectivity index (χ1v) is 4.53. The molecule has 2 N–H and O–H groups in total. The molecule has 0 aliphatic rings. The van der Waals surface area contributed by atoms with Crippen molar-refractivity contribution in [1.29, 1.82) is 0 Å². The second kappa shape index (κ2) is 4.77. The van der Waals surface area contributed by atoms with Crippen LogP contribution in [0.1, 0.15) is 5.69 Å². The van der Waals surface area contributed by atoms with Crippen molar-refractivity contribution in [3.8, 4) is 0 Å². The van der Waals surface area contributed by atoms with E-state index in [0.29, 0.717) is 0 Å². The Hall–Kier alpha value is -1.16. The van der Waals surface area contributed by atoms with Crippen LogP contribution in [0.25, 0.3) is 5.57 Å². The molecule has 13 heavy (non-hydrogen) atoms. The quantitative estimate of drug-likeness (QED) is 0.802. The summed E-state index contributed by atoms with van der Waals surface area (Å²) in [6, 6.07) is 3.75. The highest BCUT2D eigenvalue weighted by molar-refractivity contribution is 9.10. The highest BCUT2D eigenvalue weighted by atomic mass is 79.9. The fourth-order valence-corrected chi connectivity index (χ4v) is 1.23. The van der Waals surface area contributed by atoms with E-state index in [2.05, 4.69) is 25.9 Å². The zero-order valence-corrected chi connectivity index (χ0v) is 8.82. The van der Waals surface area contributed by atoms with Crippen LogP contribution in [0.5, 0.6) is 0 Å². The average Bonchev–Trinajstić information content (AvgIpc) is 2.14. The van der Waals surface area contributed by atoms with Crippen LogP contribution in [-0.2, 0) is 0 Å². The van der Waals surface area contributed by atoms with Gasteiger partial charge in [-0.15, -0.1) is 0 Å². The van der Waals surface area contributed by atoms with Crippen molar-refractivity contribution >= 4 is 27.7 Å². The van der Waals surface area contributed by atoms with Crippen molar-refractivity contribution in [2.75, 3.05) is 7.05 Å². The second-order valence-corrected chi connectivity index (χ2v) is 3.28. The predicted molar refractivity (Wildman–Crippen MR) is 58.5 cm³/mol. The van der Waals surface area contributed by atoms with Crippen molar-refractivity contribution in [3.63, 3.8) is 0 Å². The van der Waals surface area contributed by atoms with E-state index < -0.39 is 0 Å². The fraction of sp³-hybridized carbons (Fsp3) is 0.111. The van der Waals surface area contributed by atoms with Gasteiger partial charge in [0, 0.05) is 35.7 Å². The highest BCUT2D eigenvalue weighted by Crippen LogP contribution is 2.14. The lowest BCUT2D eigenvalue weighted by atomic mass is 10.2. The maximum atomic E-state index is 5.43. The summed E-state index contributed by atoms with van der Waals surface area (Å²) in [4.78, 5) is 8.04. The molecule has 0 fully saturated rings. The number of hydrogen-bond acceptors (Lipinski definition) is 3. The van der Waals surface area contributed by atoms with Crippen LogP contribution in [0.3, 0.4) is 0 Å². The summed E-state index contributed by atoms with van der Waals surface area (Å²) >= 11 is 3.36. The molecule has 3 nitrogen and oxygen atoms in total. The fourth-order valence-electron chi connectivity index (χ4n) is 0.896. The number of nitrogens with two attached hydrogens (primary N) is 1. The molecule has 0 aliphatic carbocycles. The van der Waals surface area contributed by atoms with Gasteiger partial charge in [-0.3, -0.25) is 9.98 Å². The van der Waals surface area contributed by atoms with Gasteiger partial charge in [-0.05, 0) is 12.1 Å². The lowest BCUT2D eigenvalue weighted by Crippen LogP contribution is -1.93. The number of nitrogens with zero attached hydrogens (tertiary/aromatic N) is 2. The van der Waals surface area contributed by atoms with Crippen molar-refractivity contribution in [2.24, 2.45) is 10.7 Å². The zero-order valence-electron chi connectivity index (χ0n) is 7.24. The van der Waals surface area contributed by atoms with Crippen LogP contribution in [0.2, 0.25) is 0 Å². The van der Waals surface area contributed by atoms with Gasteiger partial charge in [0.25, 0.3) is 0 Å². The molecular formula is C9H10BrN3. The van der Waals surface area contributed by atoms with Crippen LogP contribution < -0.4 is 5.73 Å². The third-order valence-electron chi connectivity index (χ3n) is 1.47. The normalized spacial score (nSPS) is 12.3.